The molecular weight excluding hydrogens is 276 g/mol. The van der Waals surface area contributed by atoms with E-state index in [4.69, 9.17) is 10.2 Å². The van der Waals surface area contributed by atoms with Gasteiger partial charge in [0.1, 0.15) is 6.04 Å². The molecule has 1 atom stereocenters. The number of aryl methyl sites for hydroxylation is 1. The molecule has 0 spiro atoms. The number of benzene rings is 1. The van der Waals surface area contributed by atoms with Crippen LogP contribution in [-0.4, -0.2) is 34.2 Å². The summed E-state index contributed by atoms with van der Waals surface area (Å²) in [5.74, 6) is -2.19. The van der Waals surface area contributed by atoms with Gasteiger partial charge in [0, 0.05) is 12.1 Å². The minimum atomic E-state index is -1.19. The van der Waals surface area contributed by atoms with E-state index < -0.39 is 24.0 Å². The number of carboxylic acids is 2. The standard InChI is InChI=1S/C14H18N2O5/c1-9-5-7-10(8-6-9)15-14(21)16-11(13(19)20)3-2-4-12(17)18/h5-8,11H,2-4H2,1H3,(H,17,18)(H,19,20)(H2,15,16,21). The van der Waals surface area contributed by atoms with Crippen LogP contribution in [0.5, 0.6) is 0 Å². The van der Waals surface area contributed by atoms with Gasteiger partial charge in [0.2, 0.25) is 0 Å². The van der Waals surface area contributed by atoms with Crippen LogP contribution in [0.15, 0.2) is 24.3 Å². The number of hydrogen-bond acceptors (Lipinski definition) is 3. The van der Waals surface area contributed by atoms with Crippen LogP contribution in [0, 0.1) is 6.92 Å². The molecule has 2 amide bonds. The van der Waals surface area contributed by atoms with Crippen molar-refractivity contribution in [2.75, 3.05) is 5.32 Å². The number of amides is 2. The summed E-state index contributed by atoms with van der Waals surface area (Å²) in [5, 5.41) is 22.4. The highest BCUT2D eigenvalue weighted by molar-refractivity contribution is 5.92. The van der Waals surface area contributed by atoms with E-state index in [0.29, 0.717) is 5.69 Å². The highest BCUT2D eigenvalue weighted by atomic mass is 16.4. The maximum atomic E-state index is 11.7. The van der Waals surface area contributed by atoms with Crippen LogP contribution in [0.4, 0.5) is 10.5 Å². The Morgan fingerprint density at radius 2 is 1.76 bits per heavy atom. The molecule has 0 fully saturated rings. The number of hydrogen-bond donors (Lipinski definition) is 4. The van der Waals surface area contributed by atoms with Gasteiger partial charge in [-0.2, -0.15) is 0 Å². The lowest BCUT2D eigenvalue weighted by Crippen LogP contribution is -2.43. The van der Waals surface area contributed by atoms with E-state index in [-0.39, 0.29) is 19.3 Å². The Kier molecular flexibility index (Phi) is 6.19. The van der Waals surface area contributed by atoms with Crippen LogP contribution in [-0.2, 0) is 9.59 Å². The molecule has 0 aliphatic heterocycles. The molecule has 1 aromatic rings. The average molecular weight is 294 g/mol. The molecule has 7 heteroatoms. The van der Waals surface area contributed by atoms with E-state index in [1.54, 1.807) is 12.1 Å². The first kappa shape index (κ1) is 16.5. The minimum Gasteiger partial charge on any atom is -0.481 e. The Bertz CT molecular complexity index is 513. The highest BCUT2D eigenvalue weighted by Crippen LogP contribution is 2.09. The highest BCUT2D eigenvalue weighted by Gasteiger charge is 2.19. The molecule has 1 rings (SSSR count). The third kappa shape index (κ3) is 6.42. The largest absolute Gasteiger partial charge is 0.481 e. The van der Waals surface area contributed by atoms with Crippen molar-refractivity contribution in [3.63, 3.8) is 0 Å². The van der Waals surface area contributed by atoms with Crippen molar-refractivity contribution in [2.24, 2.45) is 0 Å². The van der Waals surface area contributed by atoms with Gasteiger partial charge in [0.05, 0.1) is 0 Å². The number of carbonyl (C=O) groups excluding carboxylic acids is 1. The molecule has 1 aromatic carbocycles. The Hall–Kier alpha value is -2.57. The van der Waals surface area contributed by atoms with Gasteiger partial charge in [-0.3, -0.25) is 4.79 Å². The van der Waals surface area contributed by atoms with Crippen molar-refractivity contribution in [3.8, 4) is 0 Å². The summed E-state index contributed by atoms with van der Waals surface area (Å²) in [6.45, 7) is 1.91. The van der Waals surface area contributed by atoms with Gasteiger partial charge in [-0.15, -0.1) is 0 Å². The zero-order chi connectivity index (χ0) is 15.8. The van der Waals surface area contributed by atoms with Crippen molar-refractivity contribution < 1.29 is 24.6 Å². The van der Waals surface area contributed by atoms with E-state index in [1.807, 2.05) is 19.1 Å². The van der Waals surface area contributed by atoms with Crippen LogP contribution in [0.3, 0.4) is 0 Å². The molecule has 0 radical (unpaired) electrons. The fraction of sp³-hybridized carbons (Fsp3) is 0.357. The normalized spacial score (nSPS) is 11.5. The van der Waals surface area contributed by atoms with Crippen LogP contribution in [0.2, 0.25) is 0 Å². The predicted octanol–water partition coefficient (Wildman–Crippen LogP) is 1.82. The third-order valence-electron chi connectivity index (χ3n) is 2.80. The van der Waals surface area contributed by atoms with Crippen molar-refractivity contribution in [1.82, 2.24) is 5.32 Å². The molecule has 7 nitrogen and oxygen atoms in total. The van der Waals surface area contributed by atoms with Gasteiger partial charge >= 0.3 is 18.0 Å². The number of carbonyl (C=O) groups is 3. The quantitative estimate of drug-likeness (QED) is 0.612. The van der Waals surface area contributed by atoms with Crippen LogP contribution >= 0.6 is 0 Å². The van der Waals surface area contributed by atoms with E-state index in [1.165, 1.54) is 0 Å². The topological polar surface area (TPSA) is 116 Å². The second kappa shape index (κ2) is 7.88. The number of rotatable bonds is 7. The SMILES string of the molecule is Cc1ccc(NC(=O)NC(CCCC(=O)O)C(=O)O)cc1. The predicted molar refractivity (Wildman–Crippen MR) is 76.2 cm³/mol. The fourth-order valence-corrected chi connectivity index (χ4v) is 1.68. The zero-order valence-electron chi connectivity index (χ0n) is 11.6. The van der Waals surface area contributed by atoms with Gasteiger partial charge in [-0.1, -0.05) is 17.7 Å². The summed E-state index contributed by atoms with van der Waals surface area (Å²) in [6.07, 6.45) is 0.102. The second-order valence-corrected chi connectivity index (χ2v) is 4.64. The molecule has 114 valence electrons. The fourth-order valence-electron chi connectivity index (χ4n) is 1.68. The number of aliphatic carboxylic acids is 2. The lowest BCUT2D eigenvalue weighted by Gasteiger charge is -2.14. The van der Waals surface area contributed by atoms with Crippen LogP contribution in [0.25, 0.3) is 0 Å². The van der Waals surface area contributed by atoms with E-state index in [2.05, 4.69) is 10.6 Å². The van der Waals surface area contributed by atoms with Crippen molar-refractivity contribution in [2.45, 2.75) is 32.2 Å². The second-order valence-electron chi connectivity index (χ2n) is 4.64. The summed E-state index contributed by atoms with van der Waals surface area (Å²) in [6, 6.07) is 5.29. The zero-order valence-corrected chi connectivity index (χ0v) is 11.6. The lowest BCUT2D eigenvalue weighted by atomic mass is 10.1. The molecule has 0 saturated carbocycles. The smallest absolute Gasteiger partial charge is 0.326 e. The van der Waals surface area contributed by atoms with Gasteiger partial charge in [-0.25, -0.2) is 9.59 Å². The van der Waals surface area contributed by atoms with Crippen molar-refractivity contribution in [3.05, 3.63) is 29.8 Å². The maximum absolute atomic E-state index is 11.7. The monoisotopic (exact) mass is 294 g/mol. The number of carboxylic acid groups (broad SMARTS) is 2. The molecule has 1 unspecified atom stereocenters. The molecule has 0 aromatic heterocycles. The first-order valence-electron chi connectivity index (χ1n) is 6.47. The average Bonchev–Trinajstić information content (AvgIpc) is 2.39. The Morgan fingerprint density at radius 1 is 1.14 bits per heavy atom. The van der Waals surface area contributed by atoms with Crippen LogP contribution < -0.4 is 10.6 Å². The number of nitrogens with one attached hydrogen (secondary N) is 2. The first-order chi connectivity index (χ1) is 9.88. The van der Waals surface area contributed by atoms with E-state index >= 15 is 0 Å². The lowest BCUT2D eigenvalue weighted by molar-refractivity contribution is -0.140. The van der Waals surface area contributed by atoms with Gasteiger partial charge < -0.3 is 20.8 Å². The summed E-state index contributed by atoms with van der Waals surface area (Å²) < 4.78 is 0. The maximum Gasteiger partial charge on any atom is 0.326 e. The molecule has 21 heavy (non-hydrogen) atoms. The Labute approximate surface area is 122 Å². The van der Waals surface area contributed by atoms with Crippen LogP contribution in [0.1, 0.15) is 24.8 Å². The summed E-state index contributed by atoms with van der Waals surface area (Å²) in [7, 11) is 0. The summed E-state index contributed by atoms with van der Waals surface area (Å²) in [4.78, 5) is 33.1. The molecule has 0 bridgehead atoms. The number of anilines is 1. The van der Waals surface area contributed by atoms with E-state index in [9.17, 15) is 14.4 Å². The van der Waals surface area contributed by atoms with Gasteiger partial charge in [-0.05, 0) is 31.9 Å². The van der Waals surface area contributed by atoms with Crippen molar-refractivity contribution in [1.29, 1.82) is 0 Å². The third-order valence-corrected chi connectivity index (χ3v) is 2.80. The molecule has 0 saturated heterocycles. The first-order valence-corrected chi connectivity index (χ1v) is 6.47. The number of urea groups is 1. The van der Waals surface area contributed by atoms with Gasteiger partial charge in [0.25, 0.3) is 0 Å². The molecule has 0 aliphatic rings. The van der Waals surface area contributed by atoms with E-state index in [0.717, 1.165) is 5.56 Å². The molecule has 0 heterocycles. The van der Waals surface area contributed by atoms with Crippen molar-refractivity contribution >= 4 is 23.7 Å². The molecule has 0 aliphatic carbocycles. The minimum absolute atomic E-state index is 0.0585. The Balaban J connectivity index is 2.50. The molecular formula is C14H18N2O5. The Morgan fingerprint density at radius 3 is 2.29 bits per heavy atom. The van der Waals surface area contributed by atoms with Gasteiger partial charge in [0.15, 0.2) is 0 Å². The summed E-state index contributed by atoms with van der Waals surface area (Å²) >= 11 is 0. The summed E-state index contributed by atoms with van der Waals surface area (Å²) in [5.41, 5.74) is 1.59. The molecule has 4 N–H and O–H groups in total.